The Hall–Kier alpha value is -2.58. The van der Waals surface area contributed by atoms with E-state index in [-0.39, 0.29) is 17.2 Å². The molecule has 0 aliphatic carbocycles. The van der Waals surface area contributed by atoms with E-state index in [1.54, 1.807) is 18.5 Å². The van der Waals surface area contributed by atoms with Gasteiger partial charge in [-0.3, -0.25) is 0 Å². The number of nitrogens with zero attached hydrogens (tertiary/aromatic N) is 4. The Morgan fingerprint density at radius 2 is 1.83 bits per heavy atom. The van der Waals surface area contributed by atoms with Gasteiger partial charge in [-0.05, 0) is 24.0 Å². The van der Waals surface area contributed by atoms with E-state index < -0.39 is 15.8 Å². The molecule has 0 bridgehead atoms. The fraction of sp³-hybridized carbons (Fsp3) is 0.333. The summed E-state index contributed by atoms with van der Waals surface area (Å²) < 4.78 is 42.8. The second-order valence-electron chi connectivity index (χ2n) is 7.43. The minimum atomic E-state index is -3.56. The predicted molar refractivity (Wildman–Crippen MR) is 108 cm³/mol. The Morgan fingerprint density at radius 1 is 1.07 bits per heavy atom. The lowest BCUT2D eigenvalue weighted by molar-refractivity contribution is 0.449. The Bertz CT molecular complexity index is 1070. The summed E-state index contributed by atoms with van der Waals surface area (Å²) in [6.45, 7) is 1.56. The van der Waals surface area contributed by atoms with Crippen LogP contribution in [0.4, 0.5) is 4.39 Å². The van der Waals surface area contributed by atoms with E-state index in [0.717, 1.165) is 17.8 Å². The molecule has 2 heterocycles. The molecule has 1 unspecified atom stereocenters. The molecule has 0 saturated carbocycles. The third-order valence-electron chi connectivity index (χ3n) is 5.30. The first-order valence-corrected chi connectivity index (χ1v) is 11.2. The molecule has 1 atom stereocenters. The summed E-state index contributed by atoms with van der Waals surface area (Å²) in [5.74, 6) is 0.230. The van der Waals surface area contributed by atoms with Crippen LogP contribution >= 0.6 is 0 Å². The Morgan fingerprint density at radius 3 is 2.62 bits per heavy atom. The lowest BCUT2D eigenvalue weighted by atomic mass is 10.0. The van der Waals surface area contributed by atoms with Gasteiger partial charge in [0.2, 0.25) is 10.0 Å². The minimum Gasteiger partial charge on any atom is -0.313 e. The van der Waals surface area contributed by atoms with Crippen LogP contribution in [0.1, 0.15) is 23.4 Å². The minimum absolute atomic E-state index is 0.170. The van der Waals surface area contributed by atoms with Crippen LogP contribution in [0.3, 0.4) is 0 Å². The average Bonchev–Trinajstić information content (AvgIpc) is 3.35. The maximum atomic E-state index is 13.9. The molecule has 1 aliphatic rings. The van der Waals surface area contributed by atoms with Gasteiger partial charge in [0.1, 0.15) is 18.0 Å². The standard InChI is InChI=1S/C21H23FN4O2S/c22-20-9-5-4-8-19(20)15-29(27,28)26-11-10-18(14-26)12-21-24-23-16-25(21)13-17-6-2-1-3-7-17/h1-9,16,18H,10-15H2. The SMILES string of the molecule is O=S(=O)(Cc1ccccc1F)N1CCC(Cc2nncn2Cc2ccccc2)C1. The van der Waals surface area contributed by atoms with Gasteiger partial charge in [-0.15, -0.1) is 10.2 Å². The summed E-state index contributed by atoms with van der Waals surface area (Å²) in [5, 5.41) is 8.27. The van der Waals surface area contributed by atoms with Gasteiger partial charge in [0.25, 0.3) is 0 Å². The quantitative estimate of drug-likeness (QED) is 0.596. The zero-order valence-corrected chi connectivity index (χ0v) is 16.8. The van der Waals surface area contributed by atoms with Crippen molar-refractivity contribution in [1.82, 2.24) is 19.1 Å². The third kappa shape index (κ3) is 4.71. The van der Waals surface area contributed by atoms with Crippen molar-refractivity contribution < 1.29 is 12.8 Å². The lowest BCUT2D eigenvalue weighted by Crippen LogP contribution is -2.30. The molecule has 8 heteroatoms. The molecular weight excluding hydrogens is 391 g/mol. The second-order valence-corrected chi connectivity index (χ2v) is 9.39. The van der Waals surface area contributed by atoms with Crippen molar-refractivity contribution in [2.24, 2.45) is 5.92 Å². The van der Waals surface area contributed by atoms with Gasteiger partial charge in [0.15, 0.2) is 0 Å². The zero-order valence-electron chi connectivity index (χ0n) is 16.0. The fourth-order valence-electron chi connectivity index (χ4n) is 3.73. The molecule has 29 heavy (non-hydrogen) atoms. The maximum absolute atomic E-state index is 13.9. The summed E-state index contributed by atoms with van der Waals surface area (Å²) in [6.07, 6.45) is 3.14. The first-order valence-electron chi connectivity index (χ1n) is 9.63. The molecule has 2 aromatic carbocycles. The summed E-state index contributed by atoms with van der Waals surface area (Å²) in [7, 11) is -3.56. The molecule has 1 fully saturated rings. The highest BCUT2D eigenvalue weighted by Crippen LogP contribution is 2.25. The number of hydrogen-bond donors (Lipinski definition) is 0. The van der Waals surface area contributed by atoms with Crippen molar-refractivity contribution in [3.8, 4) is 0 Å². The Labute approximate surface area is 170 Å². The molecule has 0 amide bonds. The molecule has 1 saturated heterocycles. The van der Waals surface area contributed by atoms with Gasteiger partial charge in [-0.1, -0.05) is 48.5 Å². The van der Waals surface area contributed by atoms with E-state index >= 15 is 0 Å². The molecule has 0 radical (unpaired) electrons. The average molecular weight is 415 g/mol. The van der Waals surface area contributed by atoms with E-state index in [4.69, 9.17) is 0 Å². The number of hydrogen-bond acceptors (Lipinski definition) is 4. The number of sulfonamides is 1. The van der Waals surface area contributed by atoms with E-state index in [1.165, 1.54) is 16.4 Å². The van der Waals surface area contributed by atoms with Gasteiger partial charge in [0.05, 0.1) is 12.3 Å². The topological polar surface area (TPSA) is 68.1 Å². The molecule has 1 aliphatic heterocycles. The van der Waals surface area contributed by atoms with E-state index in [2.05, 4.69) is 22.3 Å². The van der Waals surface area contributed by atoms with Crippen molar-refractivity contribution in [2.45, 2.75) is 25.1 Å². The van der Waals surface area contributed by atoms with Gasteiger partial charge in [-0.25, -0.2) is 17.1 Å². The van der Waals surface area contributed by atoms with E-state index in [0.29, 0.717) is 26.1 Å². The molecule has 6 nitrogen and oxygen atoms in total. The molecule has 0 N–H and O–H groups in total. The Balaban J connectivity index is 1.39. The first-order chi connectivity index (χ1) is 14.0. The van der Waals surface area contributed by atoms with Crippen LogP contribution in [-0.4, -0.2) is 40.6 Å². The van der Waals surface area contributed by atoms with Crippen LogP contribution in [0.15, 0.2) is 60.9 Å². The van der Waals surface area contributed by atoms with Gasteiger partial charge < -0.3 is 4.57 Å². The monoisotopic (exact) mass is 414 g/mol. The van der Waals surface area contributed by atoms with Crippen LogP contribution in [0.2, 0.25) is 0 Å². The van der Waals surface area contributed by atoms with Crippen molar-refractivity contribution in [3.63, 3.8) is 0 Å². The zero-order chi connectivity index (χ0) is 20.3. The van der Waals surface area contributed by atoms with E-state index in [9.17, 15) is 12.8 Å². The van der Waals surface area contributed by atoms with Crippen molar-refractivity contribution in [3.05, 3.63) is 83.7 Å². The number of benzene rings is 2. The summed E-state index contributed by atoms with van der Waals surface area (Å²) in [6, 6.07) is 16.1. The number of aromatic nitrogens is 3. The number of halogens is 1. The molecular formula is C21H23FN4O2S. The maximum Gasteiger partial charge on any atom is 0.218 e. The molecule has 1 aromatic heterocycles. The van der Waals surface area contributed by atoms with Crippen LogP contribution in [0, 0.1) is 11.7 Å². The van der Waals surface area contributed by atoms with Gasteiger partial charge >= 0.3 is 0 Å². The predicted octanol–water partition coefficient (Wildman–Crippen LogP) is 2.86. The first kappa shape index (κ1) is 19.7. The van der Waals surface area contributed by atoms with E-state index in [1.807, 2.05) is 22.8 Å². The Kier molecular flexibility index (Phi) is 5.73. The van der Waals surface area contributed by atoms with Gasteiger partial charge in [0, 0.05) is 25.1 Å². The molecule has 3 aromatic rings. The highest BCUT2D eigenvalue weighted by atomic mass is 32.2. The molecule has 0 spiro atoms. The van der Waals surface area contributed by atoms with Crippen LogP contribution in [-0.2, 0) is 28.7 Å². The highest BCUT2D eigenvalue weighted by molar-refractivity contribution is 7.88. The smallest absolute Gasteiger partial charge is 0.218 e. The summed E-state index contributed by atoms with van der Waals surface area (Å²) in [5.41, 5.74) is 1.37. The van der Waals surface area contributed by atoms with Crippen LogP contribution < -0.4 is 0 Å². The number of rotatable bonds is 7. The van der Waals surface area contributed by atoms with Crippen molar-refractivity contribution in [1.29, 1.82) is 0 Å². The van der Waals surface area contributed by atoms with Gasteiger partial charge in [-0.2, -0.15) is 0 Å². The molecule has 152 valence electrons. The van der Waals surface area contributed by atoms with Crippen molar-refractivity contribution >= 4 is 10.0 Å². The second kappa shape index (κ2) is 8.42. The normalized spacial score (nSPS) is 17.6. The fourth-order valence-corrected chi connectivity index (χ4v) is 5.36. The van der Waals surface area contributed by atoms with Crippen LogP contribution in [0.25, 0.3) is 0 Å². The lowest BCUT2D eigenvalue weighted by Gasteiger charge is -2.17. The largest absolute Gasteiger partial charge is 0.313 e. The molecule has 4 rings (SSSR count). The van der Waals surface area contributed by atoms with Crippen molar-refractivity contribution in [2.75, 3.05) is 13.1 Å². The summed E-state index contributed by atoms with van der Waals surface area (Å²) in [4.78, 5) is 0. The highest BCUT2D eigenvalue weighted by Gasteiger charge is 2.32. The summed E-state index contributed by atoms with van der Waals surface area (Å²) >= 11 is 0. The third-order valence-corrected chi connectivity index (χ3v) is 7.09. The van der Waals surface area contributed by atoms with Crippen LogP contribution in [0.5, 0.6) is 0 Å².